The molecule has 0 aromatic heterocycles. The number of hydrogen-bond acceptors (Lipinski definition) is 4. The molecule has 0 saturated carbocycles. The van der Waals surface area contributed by atoms with E-state index in [1.165, 1.54) is 54.5 Å². The van der Waals surface area contributed by atoms with Gasteiger partial charge in [-0.3, -0.25) is 4.90 Å². The number of carboxylic acids is 1. The second kappa shape index (κ2) is 7.51. The average molecular weight is 384 g/mol. The van der Waals surface area contributed by atoms with Crippen molar-refractivity contribution < 1.29 is 28.6 Å². The van der Waals surface area contributed by atoms with Gasteiger partial charge >= 0.3 is 18.0 Å². The van der Waals surface area contributed by atoms with Crippen LogP contribution in [0.15, 0.2) is 59.8 Å². The number of nitrogens with one attached hydrogen (secondary N) is 1. The molecule has 144 valence electrons. The minimum atomic E-state index is -1.09. The van der Waals surface area contributed by atoms with E-state index in [2.05, 4.69) is 5.32 Å². The molecule has 8 heteroatoms. The molecule has 2 amide bonds. The zero-order valence-electron chi connectivity index (χ0n) is 15.1. The zero-order valence-corrected chi connectivity index (χ0v) is 15.1. The van der Waals surface area contributed by atoms with Gasteiger partial charge in [-0.1, -0.05) is 12.1 Å². The first-order valence-electron chi connectivity index (χ1n) is 8.32. The summed E-state index contributed by atoms with van der Waals surface area (Å²) < 4.78 is 18.5. The standard InChI is InChI=1S/C20H17FN2O5/c1-11-16(19(26)28-2)17(13-4-3-5-14(21)10-13)22-20(27)23(11)15-8-6-12(7-9-15)18(24)25/h3-10,17H,1-2H3,(H,22,27)(H,24,25)/t17-/m1/s1. The maximum Gasteiger partial charge on any atom is 0.337 e. The van der Waals surface area contributed by atoms with Crippen molar-refractivity contribution >= 4 is 23.7 Å². The van der Waals surface area contributed by atoms with Crippen LogP contribution in [0.5, 0.6) is 0 Å². The van der Waals surface area contributed by atoms with Gasteiger partial charge in [-0.15, -0.1) is 0 Å². The van der Waals surface area contributed by atoms with Crippen LogP contribution in [0.4, 0.5) is 14.9 Å². The highest BCUT2D eigenvalue weighted by molar-refractivity contribution is 6.03. The average Bonchev–Trinajstić information content (AvgIpc) is 2.67. The highest BCUT2D eigenvalue weighted by Gasteiger charge is 2.37. The molecule has 0 bridgehead atoms. The van der Waals surface area contributed by atoms with E-state index >= 15 is 0 Å². The largest absolute Gasteiger partial charge is 0.478 e. The summed E-state index contributed by atoms with van der Waals surface area (Å²) in [7, 11) is 1.22. The topological polar surface area (TPSA) is 95.9 Å². The van der Waals surface area contributed by atoms with E-state index < -0.39 is 29.8 Å². The van der Waals surface area contributed by atoms with Crippen molar-refractivity contribution in [1.29, 1.82) is 0 Å². The van der Waals surface area contributed by atoms with Crippen molar-refractivity contribution in [2.45, 2.75) is 13.0 Å². The van der Waals surface area contributed by atoms with E-state index in [1.54, 1.807) is 13.0 Å². The lowest BCUT2D eigenvalue weighted by molar-refractivity contribution is -0.136. The molecule has 7 nitrogen and oxygen atoms in total. The quantitative estimate of drug-likeness (QED) is 0.789. The molecule has 2 aromatic rings. The Morgan fingerprint density at radius 2 is 1.86 bits per heavy atom. The third-order valence-corrected chi connectivity index (χ3v) is 4.44. The number of urea groups is 1. The monoisotopic (exact) mass is 384 g/mol. The number of halogens is 1. The fourth-order valence-electron chi connectivity index (χ4n) is 3.12. The summed E-state index contributed by atoms with van der Waals surface area (Å²) in [5, 5.41) is 11.7. The number of amides is 2. The number of carbonyl (C=O) groups is 3. The number of aromatic carboxylic acids is 1. The Hall–Kier alpha value is -3.68. The molecule has 1 atom stereocenters. The zero-order chi connectivity index (χ0) is 20.4. The van der Waals surface area contributed by atoms with E-state index in [0.717, 1.165) is 0 Å². The Labute approximate surface area is 160 Å². The number of allylic oxidation sites excluding steroid dienone is 1. The van der Waals surface area contributed by atoms with E-state index in [0.29, 0.717) is 16.9 Å². The number of ether oxygens (including phenoxy) is 1. The highest BCUT2D eigenvalue weighted by Crippen LogP contribution is 2.34. The lowest BCUT2D eigenvalue weighted by Crippen LogP contribution is -2.48. The Bertz CT molecular complexity index is 984. The van der Waals surface area contributed by atoms with Gasteiger partial charge in [0.05, 0.1) is 30.0 Å². The second-order valence-electron chi connectivity index (χ2n) is 6.12. The maximum atomic E-state index is 13.7. The number of anilines is 1. The normalized spacial score (nSPS) is 16.6. The van der Waals surface area contributed by atoms with Crippen LogP contribution in [0.3, 0.4) is 0 Å². The van der Waals surface area contributed by atoms with Gasteiger partial charge in [0.2, 0.25) is 0 Å². The van der Waals surface area contributed by atoms with E-state index in [1.807, 2.05) is 0 Å². The fraction of sp³-hybridized carbons (Fsp3) is 0.150. The molecule has 1 heterocycles. The van der Waals surface area contributed by atoms with Crippen LogP contribution in [0, 0.1) is 5.82 Å². The van der Waals surface area contributed by atoms with Gasteiger partial charge in [-0.05, 0) is 48.9 Å². The first-order chi connectivity index (χ1) is 13.3. The SMILES string of the molecule is COC(=O)C1=C(C)N(c2ccc(C(=O)O)cc2)C(=O)N[C@@H]1c1cccc(F)c1. The van der Waals surface area contributed by atoms with Crippen LogP contribution in [0.2, 0.25) is 0 Å². The van der Waals surface area contributed by atoms with Crippen molar-refractivity contribution in [3.8, 4) is 0 Å². The van der Waals surface area contributed by atoms with E-state index in [9.17, 15) is 18.8 Å². The molecule has 1 aliphatic rings. The summed E-state index contributed by atoms with van der Waals surface area (Å²) >= 11 is 0. The number of hydrogen-bond donors (Lipinski definition) is 2. The number of carbonyl (C=O) groups excluding carboxylic acids is 2. The number of benzene rings is 2. The van der Waals surface area contributed by atoms with Gasteiger partial charge in [-0.25, -0.2) is 18.8 Å². The van der Waals surface area contributed by atoms with E-state index in [-0.39, 0.29) is 11.1 Å². The molecule has 0 unspecified atom stereocenters. The fourth-order valence-corrected chi connectivity index (χ4v) is 3.12. The first-order valence-corrected chi connectivity index (χ1v) is 8.32. The Balaban J connectivity index is 2.10. The maximum absolute atomic E-state index is 13.7. The summed E-state index contributed by atoms with van der Waals surface area (Å²) in [6, 6.07) is 9.79. The predicted octanol–water partition coefficient (Wildman–Crippen LogP) is 3.24. The molecule has 0 spiro atoms. The minimum absolute atomic E-state index is 0.0635. The smallest absolute Gasteiger partial charge is 0.337 e. The molecular weight excluding hydrogens is 367 g/mol. The molecule has 2 aromatic carbocycles. The van der Waals surface area contributed by atoms with Gasteiger partial charge in [0.25, 0.3) is 0 Å². The van der Waals surface area contributed by atoms with Crippen molar-refractivity contribution in [2.75, 3.05) is 12.0 Å². The Kier molecular flexibility index (Phi) is 5.12. The lowest BCUT2D eigenvalue weighted by Gasteiger charge is -2.35. The summed E-state index contributed by atoms with van der Waals surface area (Å²) in [4.78, 5) is 37.5. The van der Waals surface area contributed by atoms with Crippen molar-refractivity contribution in [2.24, 2.45) is 0 Å². The number of carboxylic acid groups (broad SMARTS) is 1. The van der Waals surface area contributed by atoms with Crippen molar-refractivity contribution in [3.05, 3.63) is 76.7 Å². The summed E-state index contributed by atoms with van der Waals surface area (Å²) in [5.74, 6) is -2.26. The summed E-state index contributed by atoms with van der Waals surface area (Å²) in [6.45, 7) is 1.57. The highest BCUT2D eigenvalue weighted by atomic mass is 19.1. The molecule has 0 aliphatic carbocycles. The first kappa shape index (κ1) is 19.1. The minimum Gasteiger partial charge on any atom is -0.478 e. The Morgan fingerprint density at radius 3 is 2.43 bits per heavy atom. The molecule has 1 aliphatic heterocycles. The van der Waals surface area contributed by atoms with Crippen molar-refractivity contribution in [3.63, 3.8) is 0 Å². The van der Waals surface area contributed by atoms with Crippen LogP contribution in [-0.4, -0.2) is 30.2 Å². The van der Waals surface area contributed by atoms with Crippen LogP contribution in [0.25, 0.3) is 0 Å². The Morgan fingerprint density at radius 1 is 1.18 bits per heavy atom. The van der Waals surface area contributed by atoms with Crippen LogP contribution < -0.4 is 10.2 Å². The van der Waals surface area contributed by atoms with Crippen LogP contribution >= 0.6 is 0 Å². The second-order valence-corrected chi connectivity index (χ2v) is 6.12. The van der Waals surface area contributed by atoms with Crippen LogP contribution in [0.1, 0.15) is 28.9 Å². The molecule has 2 N–H and O–H groups in total. The van der Waals surface area contributed by atoms with Gasteiger partial charge in [-0.2, -0.15) is 0 Å². The summed E-state index contributed by atoms with van der Waals surface area (Å²) in [5.41, 5.74) is 1.28. The molecule has 3 rings (SSSR count). The predicted molar refractivity (Wildman–Crippen MR) is 98.3 cm³/mol. The summed E-state index contributed by atoms with van der Waals surface area (Å²) in [6.07, 6.45) is 0. The number of rotatable bonds is 4. The lowest BCUT2D eigenvalue weighted by atomic mass is 9.94. The van der Waals surface area contributed by atoms with Crippen molar-refractivity contribution in [1.82, 2.24) is 5.32 Å². The number of esters is 1. The van der Waals surface area contributed by atoms with Gasteiger partial charge in [0, 0.05) is 5.70 Å². The molecule has 0 fully saturated rings. The third kappa shape index (κ3) is 3.44. The van der Waals surface area contributed by atoms with Crippen LogP contribution in [-0.2, 0) is 9.53 Å². The molecule has 28 heavy (non-hydrogen) atoms. The molecule has 0 saturated heterocycles. The van der Waals surface area contributed by atoms with Gasteiger partial charge in [0.1, 0.15) is 5.82 Å². The van der Waals surface area contributed by atoms with Gasteiger partial charge < -0.3 is 15.2 Å². The van der Waals surface area contributed by atoms with Gasteiger partial charge in [0.15, 0.2) is 0 Å². The molecular formula is C20H17FN2O5. The number of methoxy groups -OCH3 is 1. The molecule has 0 radical (unpaired) electrons. The van der Waals surface area contributed by atoms with E-state index in [4.69, 9.17) is 9.84 Å². The number of nitrogens with zero attached hydrogens (tertiary/aromatic N) is 1. The third-order valence-electron chi connectivity index (χ3n) is 4.44.